The van der Waals surface area contributed by atoms with Crippen LogP contribution in [0.15, 0.2) is 53.7 Å². The summed E-state index contributed by atoms with van der Waals surface area (Å²) in [6.07, 6.45) is 7.13. The van der Waals surface area contributed by atoms with Gasteiger partial charge < -0.3 is 5.11 Å². The summed E-state index contributed by atoms with van der Waals surface area (Å²) in [7, 11) is 0. The van der Waals surface area contributed by atoms with Crippen molar-refractivity contribution in [2.45, 2.75) is 13.0 Å². The van der Waals surface area contributed by atoms with Gasteiger partial charge in [0.15, 0.2) is 0 Å². The highest BCUT2D eigenvalue weighted by Crippen LogP contribution is 2.33. The van der Waals surface area contributed by atoms with Crippen molar-refractivity contribution in [2.75, 3.05) is 0 Å². The number of carbonyl (C=O) groups is 1. The van der Waals surface area contributed by atoms with Crippen LogP contribution in [0.2, 0.25) is 5.02 Å². The van der Waals surface area contributed by atoms with Gasteiger partial charge in [0.05, 0.1) is 29.3 Å². The van der Waals surface area contributed by atoms with Gasteiger partial charge in [0.1, 0.15) is 0 Å². The first kappa shape index (κ1) is 17.1. The predicted octanol–water partition coefficient (Wildman–Crippen LogP) is 4.12. The van der Waals surface area contributed by atoms with Crippen LogP contribution in [0.3, 0.4) is 0 Å². The van der Waals surface area contributed by atoms with Crippen LogP contribution in [-0.4, -0.2) is 26.3 Å². The Labute approximate surface area is 161 Å². The molecule has 0 saturated carbocycles. The van der Waals surface area contributed by atoms with Gasteiger partial charge in [-0.3, -0.25) is 9.56 Å². The summed E-state index contributed by atoms with van der Waals surface area (Å²) in [5.41, 5.74) is 4.15. The first-order valence-corrected chi connectivity index (χ1v) is 8.64. The molecule has 1 aromatic heterocycles. The van der Waals surface area contributed by atoms with Crippen LogP contribution in [0, 0.1) is 12.3 Å². The van der Waals surface area contributed by atoms with Crippen molar-refractivity contribution in [1.29, 1.82) is 0 Å². The van der Waals surface area contributed by atoms with E-state index in [1.807, 2.05) is 31.2 Å². The maximum atomic E-state index is 11.7. The Morgan fingerprint density at radius 3 is 2.74 bits per heavy atom. The summed E-state index contributed by atoms with van der Waals surface area (Å²) in [6, 6.07) is 12.5. The number of terminal acetylenes is 1. The molecule has 132 valence electrons. The fourth-order valence-electron chi connectivity index (χ4n) is 3.27. The van der Waals surface area contributed by atoms with Crippen molar-refractivity contribution in [3.8, 4) is 18.0 Å². The molecule has 1 aliphatic rings. The van der Waals surface area contributed by atoms with E-state index in [2.05, 4.69) is 10.9 Å². The smallest absolute Gasteiger partial charge is 0.372 e. The van der Waals surface area contributed by atoms with Crippen LogP contribution in [0.1, 0.15) is 46.0 Å². The van der Waals surface area contributed by atoms with E-state index in [1.54, 1.807) is 29.0 Å². The van der Waals surface area contributed by atoms with Gasteiger partial charge in [0, 0.05) is 21.7 Å². The number of fused-ring (bicyclic) bond motifs is 3. The molecule has 0 unspecified atom stereocenters. The molecule has 0 bridgehead atoms. The summed E-state index contributed by atoms with van der Waals surface area (Å²) in [6.45, 7) is 1.89. The summed E-state index contributed by atoms with van der Waals surface area (Å²) >= 11 is 6.43. The van der Waals surface area contributed by atoms with Gasteiger partial charge in [0.2, 0.25) is 5.82 Å². The van der Waals surface area contributed by atoms with Gasteiger partial charge in [-0.05, 0) is 31.2 Å². The third kappa shape index (κ3) is 2.71. The van der Waals surface area contributed by atoms with Gasteiger partial charge >= 0.3 is 5.97 Å². The molecule has 4 rings (SSSR count). The average molecular weight is 376 g/mol. The predicted molar refractivity (Wildman–Crippen MR) is 104 cm³/mol. The summed E-state index contributed by atoms with van der Waals surface area (Å²) in [4.78, 5) is 20.6. The Kier molecular flexibility index (Phi) is 4.06. The molecule has 2 aromatic carbocycles. The molecule has 0 fully saturated rings. The fourth-order valence-corrected chi connectivity index (χ4v) is 3.50. The number of aliphatic imine (C=N–C) groups is 1. The fraction of sp³-hybridized carbons (Fsp3) is 0.0952. The molecule has 0 aliphatic carbocycles. The Balaban J connectivity index is 2.09. The van der Waals surface area contributed by atoms with E-state index >= 15 is 0 Å². The van der Waals surface area contributed by atoms with Gasteiger partial charge in [-0.2, -0.15) is 0 Å². The zero-order chi connectivity index (χ0) is 19.1. The van der Waals surface area contributed by atoms with Crippen LogP contribution in [0.5, 0.6) is 0 Å². The second-order valence-corrected chi connectivity index (χ2v) is 6.56. The van der Waals surface area contributed by atoms with E-state index in [9.17, 15) is 9.90 Å². The van der Waals surface area contributed by atoms with Gasteiger partial charge in [-0.25, -0.2) is 9.78 Å². The molecule has 0 radical (unpaired) electrons. The van der Waals surface area contributed by atoms with Gasteiger partial charge in [0.25, 0.3) is 0 Å². The number of hydrogen-bond donors (Lipinski definition) is 1. The molecular formula is C21H14ClN3O2. The quantitative estimate of drug-likeness (QED) is 0.685. The van der Waals surface area contributed by atoms with Crippen LogP contribution in [0.4, 0.5) is 0 Å². The zero-order valence-corrected chi connectivity index (χ0v) is 15.1. The Morgan fingerprint density at radius 1 is 1.26 bits per heavy atom. The lowest BCUT2D eigenvalue weighted by atomic mass is 9.98. The lowest BCUT2D eigenvalue weighted by molar-refractivity contribution is 0.0681. The largest absolute Gasteiger partial charge is 0.475 e. The van der Waals surface area contributed by atoms with Crippen molar-refractivity contribution in [3.05, 3.63) is 81.9 Å². The number of rotatable bonds is 2. The molecule has 3 aromatic rings. The van der Waals surface area contributed by atoms with Crippen molar-refractivity contribution >= 4 is 23.3 Å². The lowest BCUT2D eigenvalue weighted by Gasteiger charge is -2.14. The maximum Gasteiger partial charge on any atom is 0.372 e. The highest BCUT2D eigenvalue weighted by molar-refractivity contribution is 6.35. The van der Waals surface area contributed by atoms with Gasteiger partial charge in [-0.15, -0.1) is 6.42 Å². The van der Waals surface area contributed by atoms with E-state index in [4.69, 9.17) is 23.0 Å². The first-order valence-electron chi connectivity index (χ1n) is 8.26. The molecular weight excluding hydrogens is 362 g/mol. The van der Waals surface area contributed by atoms with Crippen molar-refractivity contribution in [3.63, 3.8) is 0 Å². The number of benzene rings is 2. The molecule has 2 heterocycles. The van der Waals surface area contributed by atoms with E-state index in [1.165, 1.54) is 0 Å². The molecule has 0 saturated heterocycles. The maximum absolute atomic E-state index is 11.7. The number of hydrogen-bond acceptors (Lipinski definition) is 3. The van der Waals surface area contributed by atoms with Crippen LogP contribution in [0.25, 0.3) is 5.69 Å². The average Bonchev–Trinajstić information content (AvgIpc) is 3.07. The number of aromatic nitrogens is 2. The van der Waals surface area contributed by atoms with E-state index in [-0.39, 0.29) is 11.9 Å². The summed E-state index contributed by atoms with van der Waals surface area (Å²) in [5.74, 6) is 1.44. The standard InChI is InChI=1S/C21H14ClN3O2/c1-3-13-8-9-17-15(10-13)19(14-6-4-5-7-16(14)22)24-12(2)18-11-23-20(21(26)27)25(17)18/h1,4-12H,2H3,(H,26,27)/t12-/m1/s1. The summed E-state index contributed by atoms with van der Waals surface area (Å²) < 4.78 is 1.62. The number of aromatic carboxylic acids is 1. The molecule has 0 spiro atoms. The number of carboxylic acid groups (broad SMARTS) is 1. The second-order valence-electron chi connectivity index (χ2n) is 6.16. The van der Waals surface area contributed by atoms with Crippen LogP contribution in [-0.2, 0) is 0 Å². The minimum Gasteiger partial charge on any atom is -0.475 e. The van der Waals surface area contributed by atoms with Crippen molar-refractivity contribution in [2.24, 2.45) is 4.99 Å². The third-order valence-electron chi connectivity index (χ3n) is 4.52. The Bertz CT molecular complexity index is 1150. The monoisotopic (exact) mass is 375 g/mol. The van der Waals surface area contributed by atoms with E-state index in [0.717, 1.165) is 5.56 Å². The molecule has 1 atom stereocenters. The molecule has 6 heteroatoms. The lowest BCUT2D eigenvalue weighted by Crippen LogP contribution is -2.13. The highest BCUT2D eigenvalue weighted by Gasteiger charge is 2.28. The minimum absolute atomic E-state index is 0.0674. The summed E-state index contributed by atoms with van der Waals surface area (Å²) in [5, 5.41) is 10.1. The molecule has 27 heavy (non-hydrogen) atoms. The SMILES string of the molecule is C#Cc1ccc2c(c1)C(c1ccccc1Cl)=N[C@H](C)c1cnc(C(=O)O)n1-2. The number of imidazole rings is 1. The van der Waals surface area contributed by atoms with E-state index < -0.39 is 5.97 Å². The highest BCUT2D eigenvalue weighted by atomic mass is 35.5. The Hall–Kier alpha value is -3.36. The van der Waals surface area contributed by atoms with Crippen LogP contribution >= 0.6 is 11.6 Å². The topological polar surface area (TPSA) is 67.5 Å². The first-order chi connectivity index (χ1) is 13.0. The number of nitrogens with zero attached hydrogens (tertiary/aromatic N) is 3. The normalized spacial score (nSPS) is 15.1. The minimum atomic E-state index is -1.11. The molecule has 5 nitrogen and oxygen atoms in total. The van der Waals surface area contributed by atoms with Crippen molar-refractivity contribution < 1.29 is 9.90 Å². The number of halogens is 1. The zero-order valence-electron chi connectivity index (χ0n) is 14.3. The van der Waals surface area contributed by atoms with Gasteiger partial charge in [-0.1, -0.05) is 35.7 Å². The number of carboxylic acids is 1. The van der Waals surface area contributed by atoms with E-state index in [0.29, 0.717) is 33.2 Å². The molecule has 1 N–H and O–H groups in total. The van der Waals surface area contributed by atoms with Crippen molar-refractivity contribution in [1.82, 2.24) is 9.55 Å². The van der Waals surface area contributed by atoms with Crippen LogP contribution < -0.4 is 0 Å². The molecule has 1 aliphatic heterocycles. The third-order valence-corrected chi connectivity index (χ3v) is 4.85. The molecule has 0 amide bonds. The second kappa shape index (κ2) is 6.42. The Morgan fingerprint density at radius 2 is 2.04 bits per heavy atom.